The van der Waals surface area contributed by atoms with Gasteiger partial charge in [-0.25, -0.2) is 10.6 Å². The molecule has 0 aliphatic rings. The molecule has 0 radical (unpaired) electrons. The number of carbonyl (C=O) groups is 1. The van der Waals surface area contributed by atoms with Crippen LogP contribution in [0.5, 0.6) is 0 Å². The van der Waals surface area contributed by atoms with Crippen LogP contribution in [0.15, 0.2) is 0 Å². The zero-order valence-corrected chi connectivity index (χ0v) is 2.56. The number of hydrogen-bond donors (Lipinski definition) is 3. The highest BCUT2D eigenvalue weighted by atomic mass is 16.4. The van der Waals surface area contributed by atoms with Crippen molar-refractivity contribution >= 4 is 6.03 Å². The third-order valence-electron chi connectivity index (χ3n) is 0.142. The molecule has 0 saturated carbocycles. The molecule has 4 heteroatoms. The molecule has 0 rings (SSSR count). The lowest BCUT2D eigenvalue weighted by molar-refractivity contribution is 0.249. The van der Waals surface area contributed by atoms with Crippen LogP contribution in [-0.2, 0) is 0 Å². The van der Waals surface area contributed by atoms with Crippen LogP contribution in [0, 0.1) is 0 Å². The van der Waals surface area contributed by atoms with E-state index in [4.69, 9.17) is 0 Å². The Hall–Kier alpha value is -0.770. The minimum Gasteiger partial charge on any atom is -0.351 e. The molecule has 0 bridgehead atoms. The quantitative estimate of drug-likeness (QED) is 0.109. The molecule has 0 unspecified atom stereocenters. The van der Waals surface area contributed by atoms with Crippen molar-refractivity contribution in [3.63, 3.8) is 0 Å². The SMILES string of the molecule is [15NH2][15NH][13C]([15NH2])=O. The van der Waals surface area contributed by atoms with Crippen LogP contribution in [0.25, 0.3) is 0 Å². The fourth-order valence-electron chi connectivity index (χ4n) is 0. The molecule has 0 saturated heterocycles. The number of urea groups is 1. The summed E-state index contributed by atoms with van der Waals surface area (Å²) in [7, 11) is 0. The summed E-state index contributed by atoms with van der Waals surface area (Å²) in [6, 6.07) is -0.718. The molecule has 0 fully saturated rings. The van der Waals surface area contributed by atoms with Gasteiger partial charge in [-0.3, -0.25) is 5.43 Å². The van der Waals surface area contributed by atoms with Gasteiger partial charge in [0.2, 0.25) is 0 Å². The maximum absolute atomic E-state index is 9.35. The first-order chi connectivity index (χ1) is 2.27. The van der Waals surface area contributed by atoms with Gasteiger partial charge in [0, 0.05) is 0 Å². The van der Waals surface area contributed by atoms with Crippen molar-refractivity contribution in [3.05, 3.63) is 0 Å². The smallest absolute Gasteiger partial charge is 0.326 e. The summed E-state index contributed by atoms with van der Waals surface area (Å²) < 4.78 is 0. The second-order valence-corrected chi connectivity index (χ2v) is 0.509. The van der Waals surface area contributed by atoms with Crippen LogP contribution >= 0.6 is 0 Å². The van der Waals surface area contributed by atoms with Crippen molar-refractivity contribution in [2.24, 2.45) is 11.6 Å². The standard InChI is InChI=1S/CH5N3O/c2-1(5)4-3/h3H2,(H3,2,4,5)/i1+1,2+1,3+1,4+1. The van der Waals surface area contributed by atoms with E-state index in [2.05, 4.69) is 11.6 Å². The molecule has 2 amide bonds. The minimum absolute atomic E-state index is 0.718. The highest BCUT2D eigenvalue weighted by Crippen LogP contribution is 1.34. The van der Waals surface area contributed by atoms with Gasteiger partial charge in [-0.1, -0.05) is 0 Å². The van der Waals surface area contributed by atoms with Gasteiger partial charge in [-0.15, -0.1) is 0 Å². The average Bonchev–Trinajstić information content (AvgIpc) is 1.38. The van der Waals surface area contributed by atoms with Gasteiger partial charge in [-0.2, -0.15) is 0 Å². The molecule has 0 aromatic carbocycles. The average molecular weight is 79.0 g/mol. The predicted octanol–water partition coefficient (Wildman–Crippen LogP) is -1.47. The third kappa shape index (κ3) is 3.23. The van der Waals surface area contributed by atoms with Crippen molar-refractivity contribution in [3.8, 4) is 0 Å². The minimum atomic E-state index is -0.718. The summed E-state index contributed by atoms with van der Waals surface area (Å²) >= 11 is 0. The number of nitrogens with one attached hydrogen (secondary N) is 1. The summed E-state index contributed by atoms with van der Waals surface area (Å²) in [6.45, 7) is 0. The molecule has 0 aromatic heterocycles. The Kier molecular flexibility index (Phi) is 1.30. The molecule has 0 heterocycles. The van der Waals surface area contributed by atoms with Crippen LogP contribution in [0.1, 0.15) is 0 Å². The van der Waals surface area contributed by atoms with E-state index in [0.29, 0.717) is 0 Å². The van der Waals surface area contributed by atoms with E-state index in [1.165, 1.54) is 0 Å². The normalized spacial score (nSPS) is 6.60. The Bertz CT molecular complexity index is 42.2. The lowest BCUT2D eigenvalue weighted by Crippen LogP contribution is -2.34. The Morgan fingerprint density at radius 1 is 1.80 bits per heavy atom. The fourth-order valence-corrected chi connectivity index (χ4v) is 0. The molecule has 0 aromatic rings. The maximum Gasteiger partial charge on any atom is 0.326 e. The third-order valence-corrected chi connectivity index (χ3v) is 0.142. The molecule has 0 aliphatic carbocycles. The first-order valence-corrected chi connectivity index (χ1v) is 1.03. The molecular weight excluding hydrogens is 74.0 g/mol. The highest BCUT2D eigenvalue weighted by molar-refractivity contribution is 5.70. The van der Waals surface area contributed by atoms with Gasteiger partial charge >= 0.3 is 6.03 Å². The zero-order valence-electron chi connectivity index (χ0n) is 2.56. The van der Waals surface area contributed by atoms with E-state index in [-0.39, 0.29) is 0 Å². The maximum atomic E-state index is 9.35. The number of amides is 2. The van der Waals surface area contributed by atoms with Gasteiger partial charge in [-0.05, 0) is 0 Å². The van der Waals surface area contributed by atoms with Gasteiger partial charge in [0.1, 0.15) is 0 Å². The van der Waals surface area contributed by atoms with Crippen LogP contribution in [-0.4, -0.2) is 6.03 Å². The lowest BCUT2D eigenvalue weighted by Gasteiger charge is -1.81. The number of rotatable bonds is 0. The van der Waals surface area contributed by atoms with Crippen LogP contribution in [0.2, 0.25) is 0 Å². The molecular formula is CH5N3O. The van der Waals surface area contributed by atoms with Crippen molar-refractivity contribution in [1.29, 1.82) is 0 Å². The summed E-state index contributed by atoms with van der Waals surface area (Å²) in [6.07, 6.45) is 0. The molecule has 0 aliphatic heterocycles. The number of hydrazine groups is 1. The molecule has 30 valence electrons. The largest absolute Gasteiger partial charge is 0.351 e. The zero-order chi connectivity index (χ0) is 4.28. The van der Waals surface area contributed by atoms with Crippen LogP contribution < -0.4 is 17.0 Å². The van der Waals surface area contributed by atoms with E-state index >= 15 is 0 Å². The number of primary amides is 1. The summed E-state index contributed by atoms with van der Waals surface area (Å²) in [5.41, 5.74) is 6.08. The Labute approximate surface area is 29.1 Å². The van der Waals surface area contributed by atoms with Crippen LogP contribution in [0.4, 0.5) is 4.79 Å². The van der Waals surface area contributed by atoms with E-state index in [0.717, 1.165) is 0 Å². The van der Waals surface area contributed by atoms with Gasteiger partial charge in [0.25, 0.3) is 0 Å². The predicted molar refractivity (Wildman–Crippen MR) is 16.9 cm³/mol. The number of nitrogens with two attached hydrogens (primary N) is 2. The first-order valence-electron chi connectivity index (χ1n) is 1.03. The van der Waals surface area contributed by atoms with Gasteiger partial charge < -0.3 is 5.73 Å². The Morgan fingerprint density at radius 2 is 2.00 bits per heavy atom. The molecule has 5 heavy (non-hydrogen) atoms. The van der Waals surface area contributed by atoms with Crippen molar-refractivity contribution in [2.45, 2.75) is 0 Å². The van der Waals surface area contributed by atoms with E-state index in [1.54, 1.807) is 5.43 Å². The molecule has 0 spiro atoms. The number of carbonyl (C=O) groups excluding carboxylic acids is 1. The van der Waals surface area contributed by atoms with E-state index in [9.17, 15) is 4.79 Å². The van der Waals surface area contributed by atoms with Gasteiger partial charge in [0.15, 0.2) is 0 Å². The highest BCUT2D eigenvalue weighted by Gasteiger charge is 1.73. The molecule has 4 nitrogen and oxygen atoms in total. The summed E-state index contributed by atoms with van der Waals surface area (Å²) in [4.78, 5) is 9.35. The van der Waals surface area contributed by atoms with E-state index < -0.39 is 6.03 Å². The van der Waals surface area contributed by atoms with Crippen molar-refractivity contribution in [2.75, 3.05) is 0 Å². The summed E-state index contributed by atoms with van der Waals surface area (Å²) in [5.74, 6) is 4.45. The second-order valence-electron chi connectivity index (χ2n) is 0.509. The van der Waals surface area contributed by atoms with E-state index in [1.807, 2.05) is 0 Å². The molecule has 0 atom stereocenters. The van der Waals surface area contributed by atoms with Crippen molar-refractivity contribution < 1.29 is 4.79 Å². The molecule has 5 N–H and O–H groups in total. The van der Waals surface area contributed by atoms with Gasteiger partial charge in [0.05, 0.1) is 0 Å². The first kappa shape index (κ1) is 4.23. The van der Waals surface area contributed by atoms with Crippen LogP contribution in [0.3, 0.4) is 0 Å². The lowest BCUT2D eigenvalue weighted by atomic mass is 12.1. The fraction of sp³-hybridized carbons (Fsp3) is 0. The second kappa shape index (κ2) is 1.54. The Morgan fingerprint density at radius 3 is 2.00 bits per heavy atom. The Balaban J connectivity index is 2.85. The summed E-state index contributed by atoms with van der Waals surface area (Å²) in [5, 5.41) is 0. The van der Waals surface area contributed by atoms with Crippen molar-refractivity contribution in [1.82, 2.24) is 5.43 Å². The monoisotopic (exact) mass is 79.0 g/mol. The number of hydrogen-bond acceptors (Lipinski definition) is 2. The topological polar surface area (TPSA) is 81.1 Å².